The van der Waals surface area contributed by atoms with E-state index < -0.39 is 5.76 Å². The molecule has 5 heteroatoms. The van der Waals surface area contributed by atoms with Gasteiger partial charge in [0.05, 0.1) is 0 Å². The van der Waals surface area contributed by atoms with E-state index in [4.69, 9.17) is 0 Å². The molecule has 1 nitrogen and oxygen atoms in total. The Balaban J connectivity index is 2.10. The Morgan fingerprint density at radius 2 is 1.95 bits per heavy atom. The SMILES string of the molecule is Cc1ccc(CNc2ccccc2SC(F)F)c(Br)c1. The number of benzene rings is 2. The topological polar surface area (TPSA) is 12.0 Å². The largest absolute Gasteiger partial charge is 0.380 e. The molecule has 0 amide bonds. The van der Waals surface area contributed by atoms with Gasteiger partial charge >= 0.3 is 0 Å². The summed E-state index contributed by atoms with van der Waals surface area (Å²) in [5, 5.41) is 3.21. The van der Waals surface area contributed by atoms with Crippen LogP contribution < -0.4 is 5.32 Å². The normalized spacial score (nSPS) is 10.8. The van der Waals surface area contributed by atoms with Gasteiger partial charge in [-0.15, -0.1) is 0 Å². The lowest BCUT2D eigenvalue weighted by Gasteiger charge is -2.12. The third-order valence-electron chi connectivity index (χ3n) is 2.78. The van der Waals surface area contributed by atoms with E-state index in [1.54, 1.807) is 12.1 Å². The minimum absolute atomic E-state index is 0.559. The molecule has 1 N–H and O–H groups in total. The maximum Gasteiger partial charge on any atom is 0.288 e. The van der Waals surface area contributed by atoms with Crippen molar-refractivity contribution in [3.05, 3.63) is 58.1 Å². The number of hydrogen-bond acceptors (Lipinski definition) is 2. The molecule has 2 aromatic carbocycles. The molecule has 0 aliphatic heterocycles. The van der Waals surface area contributed by atoms with Crippen LogP contribution in [0.25, 0.3) is 0 Å². The van der Waals surface area contributed by atoms with Gasteiger partial charge in [0.2, 0.25) is 0 Å². The van der Waals surface area contributed by atoms with Crippen LogP contribution in [0.15, 0.2) is 51.8 Å². The molecule has 2 rings (SSSR count). The average molecular weight is 358 g/mol. The highest BCUT2D eigenvalue weighted by Gasteiger charge is 2.09. The number of para-hydroxylation sites is 1. The first-order valence-corrected chi connectivity index (χ1v) is 7.76. The van der Waals surface area contributed by atoms with Gasteiger partial charge in [0.25, 0.3) is 5.76 Å². The molecule has 20 heavy (non-hydrogen) atoms. The maximum absolute atomic E-state index is 12.5. The Hall–Kier alpha value is -1.07. The van der Waals surface area contributed by atoms with Crippen LogP contribution in [0.1, 0.15) is 11.1 Å². The standard InChI is InChI=1S/C15H14BrF2NS/c1-10-6-7-11(12(16)8-10)9-19-13-4-2-3-5-14(13)20-15(17)18/h2-8,15,19H,9H2,1H3. The molecular weight excluding hydrogens is 344 g/mol. The summed E-state index contributed by atoms with van der Waals surface area (Å²) in [6.45, 7) is 2.61. The zero-order valence-electron chi connectivity index (χ0n) is 10.9. The van der Waals surface area contributed by atoms with Gasteiger partial charge in [-0.2, -0.15) is 8.78 Å². The quantitative estimate of drug-likeness (QED) is 0.690. The smallest absolute Gasteiger partial charge is 0.288 e. The summed E-state index contributed by atoms with van der Waals surface area (Å²) >= 11 is 4.07. The molecule has 0 bridgehead atoms. The first-order valence-electron chi connectivity index (χ1n) is 6.09. The zero-order chi connectivity index (χ0) is 14.5. The third kappa shape index (κ3) is 4.21. The van der Waals surface area contributed by atoms with E-state index in [1.807, 2.05) is 37.3 Å². The number of halogens is 3. The van der Waals surface area contributed by atoms with E-state index in [1.165, 1.54) is 5.56 Å². The van der Waals surface area contributed by atoms with Crippen LogP contribution in [-0.2, 0) is 6.54 Å². The van der Waals surface area contributed by atoms with Gasteiger partial charge in [0, 0.05) is 21.6 Å². The highest BCUT2D eigenvalue weighted by atomic mass is 79.9. The van der Waals surface area contributed by atoms with E-state index in [-0.39, 0.29) is 0 Å². The fourth-order valence-corrected chi connectivity index (χ4v) is 3.05. The second kappa shape index (κ2) is 7.09. The van der Waals surface area contributed by atoms with Crippen LogP contribution in [0.3, 0.4) is 0 Å². The molecule has 0 spiro atoms. The van der Waals surface area contributed by atoms with Crippen molar-refractivity contribution in [3.63, 3.8) is 0 Å². The lowest BCUT2D eigenvalue weighted by atomic mass is 10.1. The molecule has 0 aliphatic carbocycles. The number of aryl methyl sites for hydroxylation is 1. The van der Waals surface area contributed by atoms with Gasteiger partial charge in [0.1, 0.15) is 0 Å². The van der Waals surface area contributed by atoms with Crippen LogP contribution in [0.5, 0.6) is 0 Å². The van der Waals surface area contributed by atoms with Crippen molar-refractivity contribution in [2.75, 3.05) is 5.32 Å². The molecule has 106 valence electrons. The summed E-state index contributed by atoms with van der Waals surface area (Å²) in [7, 11) is 0. The Morgan fingerprint density at radius 3 is 2.65 bits per heavy atom. The Morgan fingerprint density at radius 1 is 1.20 bits per heavy atom. The monoisotopic (exact) mass is 357 g/mol. The van der Waals surface area contributed by atoms with Gasteiger partial charge < -0.3 is 5.32 Å². The summed E-state index contributed by atoms with van der Waals surface area (Å²) in [5.74, 6) is -2.41. The Bertz CT molecular complexity index is 590. The number of nitrogens with one attached hydrogen (secondary N) is 1. The van der Waals surface area contributed by atoms with E-state index in [2.05, 4.69) is 21.2 Å². The fourth-order valence-electron chi connectivity index (χ4n) is 1.80. The molecule has 0 radical (unpaired) electrons. The van der Waals surface area contributed by atoms with Gasteiger partial charge in [0.15, 0.2) is 0 Å². The summed E-state index contributed by atoms with van der Waals surface area (Å²) in [5.41, 5.74) is 2.99. The lowest BCUT2D eigenvalue weighted by Crippen LogP contribution is -2.02. The number of alkyl halides is 2. The molecule has 0 aromatic heterocycles. The zero-order valence-corrected chi connectivity index (χ0v) is 13.3. The third-order valence-corrected chi connectivity index (χ3v) is 4.31. The molecule has 0 atom stereocenters. The second-order valence-electron chi connectivity index (χ2n) is 4.32. The summed E-state index contributed by atoms with van der Waals surface area (Å²) in [6, 6.07) is 13.2. The molecule has 0 unspecified atom stereocenters. The molecular formula is C15H14BrF2NS. The van der Waals surface area contributed by atoms with Crippen molar-refractivity contribution in [1.82, 2.24) is 0 Å². The number of rotatable bonds is 5. The summed E-state index contributed by atoms with van der Waals surface area (Å²) in [4.78, 5) is 0.561. The van der Waals surface area contributed by atoms with Crippen molar-refractivity contribution >= 4 is 33.4 Å². The van der Waals surface area contributed by atoms with Gasteiger partial charge in [-0.3, -0.25) is 0 Å². The molecule has 0 fully saturated rings. The minimum atomic E-state index is -2.41. The first kappa shape index (κ1) is 15.3. The van der Waals surface area contributed by atoms with Crippen molar-refractivity contribution in [2.24, 2.45) is 0 Å². The van der Waals surface area contributed by atoms with E-state index in [9.17, 15) is 8.78 Å². The average Bonchev–Trinajstić information content (AvgIpc) is 2.39. The van der Waals surface area contributed by atoms with Crippen LogP contribution in [0.2, 0.25) is 0 Å². The van der Waals surface area contributed by atoms with Crippen molar-refractivity contribution in [2.45, 2.75) is 24.1 Å². The van der Waals surface area contributed by atoms with Gasteiger partial charge in [-0.25, -0.2) is 0 Å². The number of anilines is 1. The Kier molecular flexibility index (Phi) is 5.43. The van der Waals surface area contributed by atoms with E-state index >= 15 is 0 Å². The maximum atomic E-state index is 12.5. The fraction of sp³-hybridized carbons (Fsp3) is 0.200. The molecule has 2 aromatic rings. The van der Waals surface area contributed by atoms with Crippen molar-refractivity contribution in [1.29, 1.82) is 0 Å². The highest BCUT2D eigenvalue weighted by molar-refractivity contribution is 9.10. The van der Waals surface area contributed by atoms with Gasteiger partial charge in [-0.05, 0) is 36.2 Å². The molecule has 0 saturated heterocycles. The van der Waals surface area contributed by atoms with E-state index in [0.29, 0.717) is 23.2 Å². The second-order valence-corrected chi connectivity index (χ2v) is 6.21. The highest BCUT2D eigenvalue weighted by Crippen LogP contribution is 2.32. The van der Waals surface area contributed by atoms with Crippen molar-refractivity contribution < 1.29 is 8.78 Å². The molecule has 0 saturated carbocycles. The minimum Gasteiger partial charge on any atom is -0.380 e. The van der Waals surface area contributed by atoms with Crippen LogP contribution in [0, 0.1) is 6.92 Å². The number of hydrogen-bond donors (Lipinski definition) is 1. The van der Waals surface area contributed by atoms with Crippen LogP contribution in [0.4, 0.5) is 14.5 Å². The van der Waals surface area contributed by atoms with Crippen LogP contribution in [-0.4, -0.2) is 5.76 Å². The summed E-state index contributed by atoms with van der Waals surface area (Å²) in [6.07, 6.45) is 0. The lowest BCUT2D eigenvalue weighted by molar-refractivity contribution is 0.252. The summed E-state index contributed by atoms with van der Waals surface area (Å²) < 4.78 is 26.0. The predicted molar refractivity (Wildman–Crippen MR) is 84.5 cm³/mol. The number of thioether (sulfide) groups is 1. The van der Waals surface area contributed by atoms with Crippen molar-refractivity contribution in [3.8, 4) is 0 Å². The van der Waals surface area contributed by atoms with Gasteiger partial charge in [-0.1, -0.05) is 52.0 Å². The Labute approximate surface area is 129 Å². The van der Waals surface area contributed by atoms with E-state index in [0.717, 1.165) is 15.7 Å². The molecule has 0 aliphatic rings. The molecule has 0 heterocycles. The predicted octanol–water partition coefficient (Wildman–Crippen LogP) is 5.68. The van der Waals surface area contributed by atoms with Crippen LogP contribution >= 0.6 is 27.7 Å². The first-order chi connectivity index (χ1) is 9.56.